The fourth-order valence-electron chi connectivity index (χ4n) is 3.37. The number of ketones is 1. The Labute approximate surface area is 111 Å². The molecule has 1 saturated carbocycles. The van der Waals surface area contributed by atoms with Crippen molar-refractivity contribution < 1.29 is 9.90 Å². The molecule has 3 atom stereocenters. The molecule has 1 saturated heterocycles. The summed E-state index contributed by atoms with van der Waals surface area (Å²) >= 11 is 0. The van der Waals surface area contributed by atoms with Gasteiger partial charge in [0.05, 0.1) is 12.6 Å². The van der Waals surface area contributed by atoms with E-state index in [2.05, 4.69) is 9.88 Å². The lowest BCUT2D eigenvalue weighted by Crippen LogP contribution is -2.29. The van der Waals surface area contributed by atoms with E-state index in [1.165, 1.54) is 12.3 Å². The zero-order chi connectivity index (χ0) is 13.4. The number of aromatic amines is 1. The standard InChI is InChI=1S/C14H18N2O3/c17-12-3-10-6-16(7-11(10)4-12)8-13(18)9-1-2-14(19)15-5-9/h1-2,5,10-12,17H,3-4,6-8H2,(H,15,19)/t10-,11+,12?. The second-order valence-electron chi connectivity index (χ2n) is 5.70. The molecular formula is C14H18N2O3. The van der Waals surface area contributed by atoms with E-state index in [-0.39, 0.29) is 17.4 Å². The molecule has 19 heavy (non-hydrogen) atoms. The van der Waals surface area contributed by atoms with Gasteiger partial charge in [0.25, 0.3) is 0 Å². The molecule has 2 fully saturated rings. The molecule has 0 aromatic carbocycles. The molecule has 102 valence electrons. The second-order valence-corrected chi connectivity index (χ2v) is 5.70. The van der Waals surface area contributed by atoms with Gasteiger partial charge in [-0.05, 0) is 30.7 Å². The molecule has 1 unspecified atom stereocenters. The van der Waals surface area contributed by atoms with E-state index in [4.69, 9.17) is 0 Å². The normalized spacial score (nSPS) is 30.5. The molecule has 2 heterocycles. The fraction of sp³-hybridized carbons (Fsp3) is 0.571. The molecule has 5 nitrogen and oxygen atoms in total. The van der Waals surface area contributed by atoms with Gasteiger partial charge in [-0.3, -0.25) is 14.5 Å². The van der Waals surface area contributed by atoms with Crippen molar-refractivity contribution in [3.05, 3.63) is 34.2 Å². The Hall–Kier alpha value is -1.46. The van der Waals surface area contributed by atoms with Crippen LogP contribution in [0.25, 0.3) is 0 Å². The molecular weight excluding hydrogens is 244 g/mol. The molecule has 2 N–H and O–H groups in total. The highest BCUT2D eigenvalue weighted by molar-refractivity contribution is 5.97. The van der Waals surface area contributed by atoms with E-state index < -0.39 is 0 Å². The number of pyridine rings is 1. The Kier molecular flexibility index (Phi) is 3.24. The van der Waals surface area contributed by atoms with E-state index in [0.29, 0.717) is 23.9 Å². The van der Waals surface area contributed by atoms with Gasteiger partial charge < -0.3 is 10.1 Å². The van der Waals surface area contributed by atoms with Crippen LogP contribution in [0.15, 0.2) is 23.1 Å². The third-order valence-electron chi connectivity index (χ3n) is 4.28. The molecule has 1 aliphatic carbocycles. The molecule has 0 bridgehead atoms. The van der Waals surface area contributed by atoms with Crippen molar-refractivity contribution in [2.75, 3.05) is 19.6 Å². The summed E-state index contributed by atoms with van der Waals surface area (Å²) in [5, 5.41) is 9.59. The largest absolute Gasteiger partial charge is 0.393 e. The van der Waals surface area contributed by atoms with Crippen molar-refractivity contribution in [2.45, 2.75) is 18.9 Å². The minimum absolute atomic E-state index is 0.0387. The average molecular weight is 262 g/mol. The fourth-order valence-corrected chi connectivity index (χ4v) is 3.37. The number of hydrogen-bond acceptors (Lipinski definition) is 4. The minimum Gasteiger partial charge on any atom is -0.393 e. The van der Waals surface area contributed by atoms with Gasteiger partial charge in [0.2, 0.25) is 5.56 Å². The molecule has 1 aromatic rings. The number of H-pyrrole nitrogens is 1. The van der Waals surface area contributed by atoms with Crippen molar-refractivity contribution in [1.82, 2.24) is 9.88 Å². The lowest BCUT2D eigenvalue weighted by molar-refractivity contribution is 0.0934. The molecule has 2 aliphatic rings. The number of likely N-dealkylation sites (tertiary alicyclic amines) is 1. The Morgan fingerprint density at radius 2 is 2.00 bits per heavy atom. The van der Waals surface area contributed by atoms with Crippen LogP contribution >= 0.6 is 0 Å². The van der Waals surface area contributed by atoms with Crippen LogP contribution in [-0.2, 0) is 0 Å². The summed E-state index contributed by atoms with van der Waals surface area (Å²) < 4.78 is 0. The van der Waals surface area contributed by atoms with Crippen LogP contribution in [0.4, 0.5) is 0 Å². The van der Waals surface area contributed by atoms with Gasteiger partial charge in [0.1, 0.15) is 0 Å². The van der Waals surface area contributed by atoms with Crippen molar-refractivity contribution >= 4 is 5.78 Å². The number of aromatic nitrogens is 1. The summed E-state index contributed by atoms with van der Waals surface area (Å²) in [5.41, 5.74) is 0.359. The molecule has 3 rings (SSSR count). The second kappa shape index (κ2) is 4.90. The first-order chi connectivity index (χ1) is 9.11. The van der Waals surface area contributed by atoms with Crippen molar-refractivity contribution in [3.8, 4) is 0 Å². The van der Waals surface area contributed by atoms with Gasteiger partial charge in [-0.2, -0.15) is 0 Å². The van der Waals surface area contributed by atoms with Crippen LogP contribution in [0, 0.1) is 11.8 Å². The average Bonchev–Trinajstić information content (AvgIpc) is 2.86. The van der Waals surface area contributed by atoms with Gasteiger partial charge in [0, 0.05) is 30.9 Å². The van der Waals surface area contributed by atoms with Crippen molar-refractivity contribution in [3.63, 3.8) is 0 Å². The quantitative estimate of drug-likeness (QED) is 0.766. The molecule has 1 aromatic heterocycles. The van der Waals surface area contributed by atoms with Crippen molar-refractivity contribution in [2.24, 2.45) is 11.8 Å². The van der Waals surface area contributed by atoms with Crippen LogP contribution in [0.1, 0.15) is 23.2 Å². The third kappa shape index (κ3) is 2.62. The first-order valence-electron chi connectivity index (χ1n) is 6.74. The number of nitrogens with zero attached hydrogens (tertiary/aromatic N) is 1. The molecule has 0 amide bonds. The minimum atomic E-state index is -0.193. The number of Topliss-reactive ketones (excluding diaryl/α,β-unsaturated/α-hetero) is 1. The number of carbonyl (C=O) groups is 1. The SMILES string of the molecule is O=C(CN1C[C@H]2CC(O)C[C@H]2C1)c1ccc(=O)[nH]c1. The van der Waals surface area contributed by atoms with E-state index >= 15 is 0 Å². The maximum absolute atomic E-state index is 12.1. The lowest BCUT2D eigenvalue weighted by atomic mass is 10.0. The Balaban J connectivity index is 1.59. The summed E-state index contributed by atoms with van der Waals surface area (Å²) in [6, 6.07) is 2.95. The van der Waals surface area contributed by atoms with Gasteiger partial charge >= 0.3 is 0 Å². The predicted octanol–water partition coefficient (Wildman–Crippen LogP) is 0.260. The van der Waals surface area contributed by atoms with Gasteiger partial charge in [-0.25, -0.2) is 0 Å². The Morgan fingerprint density at radius 3 is 2.58 bits per heavy atom. The van der Waals surface area contributed by atoms with Crippen LogP contribution < -0.4 is 5.56 Å². The number of aliphatic hydroxyl groups excluding tert-OH is 1. The van der Waals surface area contributed by atoms with E-state index in [1.54, 1.807) is 6.07 Å². The molecule has 5 heteroatoms. The number of carbonyl (C=O) groups excluding carboxylic acids is 1. The van der Waals surface area contributed by atoms with Gasteiger partial charge in [-0.1, -0.05) is 0 Å². The van der Waals surface area contributed by atoms with E-state index in [9.17, 15) is 14.7 Å². The molecule has 0 radical (unpaired) electrons. The summed E-state index contributed by atoms with van der Waals surface area (Å²) in [6.07, 6.45) is 3.07. The lowest BCUT2D eigenvalue weighted by Gasteiger charge is -2.16. The summed E-state index contributed by atoms with van der Waals surface area (Å²) in [4.78, 5) is 27.7. The predicted molar refractivity (Wildman–Crippen MR) is 70.1 cm³/mol. The number of hydrogen-bond donors (Lipinski definition) is 2. The van der Waals surface area contributed by atoms with Gasteiger partial charge in [0.15, 0.2) is 5.78 Å². The maximum Gasteiger partial charge on any atom is 0.247 e. The number of aliphatic hydroxyl groups is 1. The zero-order valence-electron chi connectivity index (χ0n) is 10.7. The molecule has 1 aliphatic heterocycles. The first-order valence-corrected chi connectivity index (χ1v) is 6.74. The van der Waals surface area contributed by atoms with Crippen LogP contribution in [0.5, 0.6) is 0 Å². The summed E-state index contributed by atoms with van der Waals surface area (Å²) in [5.74, 6) is 1.12. The van der Waals surface area contributed by atoms with E-state index in [1.807, 2.05) is 0 Å². The third-order valence-corrected chi connectivity index (χ3v) is 4.28. The Morgan fingerprint density at radius 1 is 1.32 bits per heavy atom. The van der Waals surface area contributed by atoms with Gasteiger partial charge in [-0.15, -0.1) is 0 Å². The number of fused-ring (bicyclic) bond motifs is 1. The number of nitrogens with one attached hydrogen (secondary N) is 1. The maximum atomic E-state index is 12.1. The van der Waals surface area contributed by atoms with Crippen LogP contribution in [0.3, 0.4) is 0 Å². The monoisotopic (exact) mass is 262 g/mol. The highest BCUT2D eigenvalue weighted by Crippen LogP contribution is 2.37. The smallest absolute Gasteiger partial charge is 0.247 e. The zero-order valence-corrected chi connectivity index (χ0v) is 10.7. The summed E-state index contributed by atoms with van der Waals surface area (Å²) in [6.45, 7) is 2.20. The topological polar surface area (TPSA) is 73.4 Å². The number of rotatable bonds is 3. The highest BCUT2D eigenvalue weighted by atomic mass is 16.3. The van der Waals surface area contributed by atoms with Crippen molar-refractivity contribution in [1.29, 1.82) is 0 Å². The summed E-state index contributed by atoms with van der Waals surface area (Å²) in [7, 11) is 0. The molecule has 0 spiro atoms. The van der Waals surface area contributed by atoms with E-state index in [0.717, 1.165) is 25.9 Å². The Bertz CT molecular complexity index is 505. The highest BCUT2D eigenvalue weighted by Gasteiger charge is 2.40. The first kappa shape index (κ1) is 12.6. The van der Waals surface area contributed by atoms with Crippen LogP contribution in [-0.4, -0.2) is 46.5 Å². The van der Waals surface area contributed by atoms with Crippen LogP contribution in [0.2, 0.25) is 0 Å².